The van der Waals surface area contributed by atoms with Crippen molar-refractivity contribution in [2.24, 2.45) is 5.73 Å². The molecule has 4 heteroatoms. The maximum atomic E-state index is 13.8. The van der Waals surface area contributed by atoms with Crippen LogP contribution in [0, 0.1) is 5.82 Å². The Labute approximate surface area is 112 Å². The lowest BCUT2D eigenvalue weighted by Gasteiger charge is -2.32. The molecule has 0 spiro atoms. The number of rotatable bonds is 5. The van der Waals surface area contributed by atoms with E-state index in [2.05, 4.69) is 4.90 Å². The lowest BCUT2D eigenvalue weighted by Crippen LogP contribution is -2.32. The van der Waals surface area contributed by atoms with Crippen LogP contribution in [-0.4, -0.2) is 18.5 Å². The van der Waals surface area contributed by atoms with Gasteiger partial charge in [-0.1, -0.05) is 18.2 Å². The Balaban J connectivity index is 2.23. The van der Waals surface area contributed by atoms with Gasteiger partial charge in [0.15, 0.2) is 0 Å². The van der Waals surface area contributed by atoms with Gasteiger partial charge in [0, 0.05) is 23.7 Å². The highest BCUT2D eigenvalue weighted by Gasteiger charge is 2.23. The van der Waals surface area contributed by atoms with E-state index in [1.54, 1.807) is 24.7 Å². The summed E-state index contributed by atoms with van der Waals surface area (Å²) in [6, 6.07) is 8.66. The molecule has 2 rings (SSSR count). The van der Waals surface area contributed by atoms with Crippen LogP contribution in [-0.2, 0) is 0 Å². The molecular formula is C15H19FN2O. The molecule has 0 aliphatic carbocycles. The molecule has 0 saturated heterocycles. The van der Waals surface area contributed by atoms with E-state index in [0.29, 0.717) is 12.1 Å². The molecule has 0 fully saturated rings. The molecule has 0 amide bonds. The Hall–Kier alpha value is -1.65. The summed E-state index contributed by atoms with van der Waals surface area (Å²) in [6.45, 7) is 2.43. The van der Waals surface area contributed by atoms with Crippen LogP contribution in [0.25, 0.3) is 0 Å². The maximum Gasteiger partial charge on any atom is 0.127 e. The third-order valence-electron chi connectivity index (χ3n) is 3.61. The van der Waals surface area contributed by atoms with E-state index in [0.717, 1.165) is 5.56 Å². The van der Waals surface area contributed by atoms with Crippen LogP contribution in [0.4, 0.5) is 4.39 Å². The molecule has 1 aromatic heterocycles. The van der Waals surface area contributed by atoms with Crippen LogP contribution in [0.15, 0.2) is 47.3 Å². The Bertz CT molecular complexity index is 513. The average Bonchev–Trinajstić information content (AvgIpc) is 2.93. The standard InChI is InChI=1S/C15H19FN2O/c1-11(13-5-3-4-6-14(13)16)18(2)15(9-17)12-7-8-19-10-12/h3-8,10-11,15H,9,17H2,1-2H3. The molecule has 0 aliphatic heterocycles. The van der Waals surface area contributed by atoms with Crippen molar-refractivity contribution in [2.75, 3.05) is 13.6 Å². The van der Waals surface area contributed by atoms with Crippen molar-refractivity contribution in [3.63, 3.8) is 0 Å². The van der Waals surface area contributed by atoms with Gasteiger partial charge in [-0.2, -0.15) is 0 Å². The van der Waals surface area contributed by atoms with Gasteiger partial charge < -0.3 is 10.2 Å². The highest BCUT2D eigenvalue weighted by Crippen LogP contribution is 2.29. The van der Waals surface area contributed by atoms with E-state index in [1.807, 2.05) is 26.1 Å². The molecule has 19 heavy (non-hydrogen) atoms. The van der Waals surface area contributed by atoms with E-state index in [-0.39, 0.29) is 17.9 Å². The normalized spacial score (nSPS) is 14.6. The lowest BCUT2D eigenvalue weighted by atomic mass is 10.0. The highest BCUT2D eigenvalue weighted by molar-refractivity contribution is 5.22. The molecule has 2 N–H and O–H groups in total. The van der Waals surface area contributed by atoms with Gasteiger partial charge >= 0.3 is 0 Å². The average molecular weight is 262 g/mol. The predicted octanol–water partition coefficient (Wildman–Crippen LogP) is 3.11. The number of furan rings is 1. The van der Waals surface area contributed by atoms with Gasteiger partial charge in [-0.15, -0.1) is 0 Å². The van der Waals surface area contributed by atoms with Crippen LogP contribution in [0.3, 0.4) is 0 Å². The van der Waals surface area contributed by atoms with Crippen molar-refractivity contribution in [3.05, 3.63) is 59.8 Å². The SMILES string of the molecule is CC(c1ccccc1F)N(C)C(CN)c1ccoc1. The summed E-state index contributed by atoms with van der Waals surface area (Å²) in [5.41, 5.74) is 7.52. The second-order valence-electron chi connectivity index (χ2n) is 4.67. The molecule has 1 aromatic carbocycles. The first kappa shape index (κ1) is 13.8. The van der Waals surface area contributed by atoms with E-state index in [4.69, 9.17) is 10.2 Å². The van der Waals surface area contributed by atoms with Gasteiger partial charge in [-0.05, 0) is 26.1 Å². The van der Waals surface area contributed by atoms with E-state index >= 15 is 0 Å². The second kappa shape index (κ2) is 5.99. The minimum Gasteiger partial charge on any atom is -0.472 e. The first-order chi connectivity index (χ1) is 9.15. The minimum atomic E-state index is -0.190. The first-order valence-corrected chi connectivity index (χ1v) is 6.33. The van der Waals surface area contributed by atoms with Gasteiger partial charge in [0.25, 0.3) is 0 Å². The second-order valence-corrected chi connectivity index (χ2v) is 4.67. The van der Waals surface area contributed by atoms with Gasteiger partial charge in [-0.3, -0.25) is 4.90 Å². The van der Waals surface area contributed by atoms with Gasteiger partial charge in [-0.25, -0.2) is 4.39 Å². The molecule has 2 aromatic rings. The zero-order valence-electron chi connectivity index (χ0n) is 11.2. The molecule has 1 heterocycles. The van der Waals surface area contributed by atoms with Crippen LogP contribution in [0.2, 0.25) is 0 Å². The molecule has 0 bridgehead atoms. The van der Waals surface area contributed by atoms with Crippen LogP contribution < -0.4 is 5.73 Å². The fourth-order valence-corrected chi connectivity index (χ4v) is 2.31. The largest absolute Gasteiger partial charge is 0.472 e. The van der Waals surface area contributed by atoms with Crippen molar-refractivity contribution in [1.82, 2.24) is 4.90 Å². The molecular weight excluding hydrogens is 243 g/mol. The molecule has 0 saturated carbocycles. The zero-order chi connectivity index (χ0) is 13.8. The molecule has 0 radical (unpaired) electrons. The third kappa shape index (κ3) is 2.85. The minimum absolute atomic E-state index is 0.00774. The van der Waals surface area contributed by atoms with Crippen molar-refractivity contribution >= 4 is 0 Å². The summed E-state index contributed by atoms with van der Waals surface area (Å²) in [4.78, 5) is 2.06. The fourth-order valence-electron chi connectivity index (χ4n) is 2.31. The van der Waals surface area contributed by atoms with Crippen LogP contribution in [0.1, 0.15) is 30.1 Å². The van der Waals surface area contributed by atoms with Crippen LogP contribution in [0.5, 0.6) is 0 Å². The topological polar surface area (TPSA) is 42.4 Å². The number of nitrogens with two attached hydrogens (primary N) is 1. The number of nitrogens with zero attached hydrogens (tertiary/aromatic N) is 1. The van der Waals surface area contributed by atoms with Gasteiger partial charge in [0.1, 0.15) is 5.82 Å². The summed E-state index contributed by atoms with van der Waals surface area (Å²) in [7, 11) is 1.95. The lowest BCUT2D eigenvalue weighted by molar-refractivity contribution is 0.186. The van der Waals surface area contributed by atoms with E-state index in [9.17, 15) is 4.39 Å². The molecule has 0 aliphatic rings. The molecule has 2 atom stereocenters. The van der Waals surface area contributed by atoms with Crippen molar-refractivity contribution in [2.45, 2.75) is 19.0 Å². The summed E-state index contributed by atoms with van der Waals surface area (Å²) in [5, 5.41) is 0. The van der Waals surface area contributed by atoms with Crippen molar-refractivity contribution < 1.29 is 8.81 Å². The van der Waals surface area contributed by atoms with E-state index in [1.165, 1.54) is 6.07 Å². The third-order valence-corrected chi connectivity index (χ3v) is 3.61. The number of hydrogen-bond donors (Lipinski definition) is 1. The summed E-state index contributed by atoms with van der Waals surface area (Å²) >= 11 is 0. The smallest absolute Gasteiger partial charge is 0.127 e. The van der Waals surface area contributed by atoms with Crippen molar-refractivity contribution in [3.8, 4) is 0 Å². The van der Waals surface area contributed by atoms with Crippen molar-refractivity contribution in [1.29, 1.82) is 0 Å². The van der Waals surface area contributed by atoms with Gasteiger partial charge in [0.2, 0.25) is 0 Å². The Morgan fingerprint density at radius 2 is 2.05 bits per heavy atom. The van der Waals surface area contributed by atoms with E-state index < -0.39 is 0 Å². The predicted molar refractivity (Wildman–Crippen MR) is 73.1 cm³/mol. The molecule has 102 valence electrons. The number of likely N-dealkylation sites (N-methyl/N-ethyl adjacent to an activating group) is 1. The fraction of sp³-hybridized carbons (Fsp3) is 0.333. The zero-order valence-corrected chi connectivity index (χ0v) is 11.2. The Kier molecular flexibility index (Phi) is 4.35. The Morgan fingerprint density at radius 1 is 1.32 bits per heavy atom. The first-order valence-electron chi connectivity index (χ1n) is 6.33. The monoisotopic (exact) mass is 262 g/mol. The Morgan fingerprint density at radius 3 is 2.63 bits per heavy atom. The quantitative estimate of drug-likeness (QED) is 0.900. The summed E-state index contributed by atoms with van der Waals surface area (Å²) in [6.07, 6.45) is 3.31. The number of halogens is 1. The summed E-state index contributed by atoms with van der Waals surface area (Å²) < 4.78 is 18.9. The number of hydrogen-bond acceptors (Lipinski definition) is 3. The molecule has 2 unspecified atom stereocenters. The number of benzene rings is 1. The highest BCUT2D eigenvalue weighted by atomic mass is 19.1. The van der Waals surface area contributed by atoms with Gasteiger partial charge in [0.05, 0.1) is 18.6 Å². The molecule has 3 nitrogen and oxygen atoms in total. The summed E-state index contributed by atoms with van der Waals surface area (Å²) in [5.74, 6) is -0.190. The maximum absolute atomic E-state index is 13.8. The van der Waals surface area contributed by atoms with Crippen LogP contribution >= 0.6 is 0 Å².